The van der Waals surface area contributed by atoms with E-state index in [2.05, 4.69) is 10.4 Å². The molecule has 1 aromatic heterocycles. The lowest BCUT2D eigenvalue weighted by molar-refractivity contribution is -0.123. The van der Waals surface area contributed by atoms with Crippen molar-refractivity contribution in [2.24, 2.45) is 5.92 Å². The summed E-state index contributed by atoms with van der Waals surface area (Å²) in [4.78, 5) is 37.8. The Balaban J connectivity index is 1.85. The van der Waals surface area contributed by atoms with Crippen molar-refractivity contribution in [3.63, 3.8) is 0 Å². The number of amides is 1. The van der Waals surface area contributed by atoms with E-state index in [1.54, 1.807) is 24.3 Å². The first kappa shape index (κ1) is 21.2. The Hall–Kier alpha value is -3.55. The van der Waals surface area contributed by atoms with Gasteiger partial charge in [-0.05, 0) is 43.2 Å². The predicted octanol–water partition coefficient (Wildman–Crippen LogP) is 3.38. The second-order valence-corrected chi connectivity index (χ2v) is 7.32. The van der Waals surface area contributed by atoms with Crippen LogP contribution in [0.25, 0.3) is 10.8 Å². The third-order valence-electron chi connectivity index (χ3n) is 4.36. The number of anilines is 1. The Morgan fingerprint density at radius 1 is 1.07 bits per heavy atom. The average Bonchev–Trinajstić information content (AvgIpc) is 2.71. The summed E-state index contributed by atoms with van der Waals surface area (Å²) in [7, 11) is 0. The Kier molecular flexibility index (Phi) is 6.25. The van der Waals surface area contributed by atoms with Gasteiger partial charge in [-0.2, -0.15) is 5.10 Å². The molecule has 1 heterocycles. The lowest BCUT2D eigenvalue weighted by Gasteiger charge is -2.15. The van der Waals surface area contributed by atoms with Crippen molar-refractivity contribution in [2.45, 2.75) is 33.4 Å². The summed E-state index contributed by atoms with van der Waals surface area (Å²) in [5.74, 6) is -1.68. The average molecular weight is 411 g/mol. The fourth-order valence-electron chi connectivity index (χ4n) is 2.90. The van der Waals surface area contributed by atoms with Gasteiger partial charge in [-0.25, -0.2) is 13.9 Å². The minimum Gasteiger partial charge on any atom is -0.448 e. The third-order valence-corrected chi connectivity index (χ3v) is 4.36. The number of nitrogens with zero attached hydrogens (tertiary/aromatic N) is 2. The van der Waals surface area contributed by atoms with Gasteiger partial charge in [-0.1, -0.05) is 32.0 Å². The van der Waals surface area contributed by atoms with Gasteiger partial charge in [0, 0.05) is 17.6 Å². The monoisotopic (exact) mass is 411 g/mol. The first-order valence-electron chi connectivity index (χ1n) is 9.53. The maximum atomic E-state index is 13.0. The molecule has 1 atom stereocenters. The molecule has 3 rings (SSSR count). The van der Waals surface area contributed by atoms with Gasteiger partial charge < -0.3 is 10.1 Å². The van der Waals surface area contributed by atoms with Crippen molar-refractivity contribution < 1.29 is 18.7 Å². The van der Waals surface area contributed by atoms with Gasteiger partial charge in [0.05, 0.1) is 5.39 Å². The van der Waals surface area contributed by atoms with E-state index >= 15 is 0 Å². The van der Waals surface area contributed by atoms with Gasteiger partial charge in [-0.15, -0.1) is 0 Å². The van der Waals surface area contributed by atoms with Gasteiger partial charge in [-0.3, -0.25) is 9.59 Å². The van der Waals surface area contributed by atoms with Gasteiger partial charge >= 0.3 is 5.97 Å². The molecule has 0 saturated carbocycles. The van der Waals surface area contributed by atoms with Crippen LogP contribution < -0.4 is 10.9 Å². The summed E-state index contributed by atoms with van der Waals surface area (Å²) >= 11 is 0. The molecule has 2 aromatic carbocycles. The molecule has 0 bridgehead atoms. The number of aromatic nitrogens is 2. The number of carbonyl (C=O) groups excluding carboxylic acids is 2. The van der Waals surface area contributed by atoms with Crippen LogP contribution in [-0.4, -0.2) is 27.8 Å². The summed E-state index contributed by atoms with van der Waals surface area (Å²) in [5, 5.41) is 7.46. The van der Waals surface area contributed by atoms with Crippen molar-refractivity contribution in [1.82, 2.24) is 9.78 Å². The Morgan fingerprint density at radius 3 is 2.33 bits per heavy atom. The van der Waals surface area contributed by atoms with Gasteiger partial charge in [0.2, 0.25) is 0 Å². The van der Waals surface area contributed by atoms with Crippen molar-refractivity contribution in [1.29, 1.82) is 0 Å². The SMILES string of the molecule is CC(C)Cn1nc(C(=O)O[C@H](C)C(=O)Nc2ccc(F)cc2)c2ccccc2c1=O. The minimum absolute atomic E-state index is 0.0349. The molecule has 30 heavy (non-hydrogen) atoms. The molecular weight excluding hydrogens is 389 g/mol. The van der Waals surface area contributed by atoms with Crippen LogP contribution in [0.1, 0.15) is 31.3 Å². The van der Waals surface area contributed by atoms with E-state index in [1.807, 2.05) is 13.8 Å². The van der Waals surface area contributed by atoms with E-state index in [9.17, 15) is 18.8 Å². The number of halogens is 1. The van der Waals surface area contributed by atoms with Crippen LogP contribution in [-0.2, 0) is 16.1 Å². The number of rotatable bonds is 6. The van der Waals surface area contributed by atoms with Crippen molar-refractivity contribution in [2.75, 3.05) is 5.32 Å². The van der Waals surface area contributed by atoms with Crippen molar-refractivity contribution in [3.8, 4) is 0 Å². The number of ether oxygens (including phenoxy) is 1. The van der Waals surface area contributed by atoms with E-state index in [1.165, 1.54) is 35.9 Å². The highest BCUT2D eigenvalue weighted by molar-refractivity contribution is 6.03. The first-order chi connectivity index (χ1) is 14.3. The standard InChI is InChI=1S/C22H22FN3O4/c1-13(2)12-26-21(28)18-7-5-4-6-17(18)19(25-26)22(29)30-14(3)20(27)24-16-10-8-15(23)9-11-16/h4-11,13-14H,12H2,1-3H3,(H,24,27)/t14-/m1/s1. The highest BCUT2D eigenvalue weighted by Crippen LogP contribution is 2.16. The van der Waals surface area contributed by atoms with Gasteiger partial charge in [0.25, 0.3) is 11.5 Å². The van der Waals surface area contributed by atoms with E-state index in [-0.39, 0.29) is 17.2 Å². The summed E-state index contributed by atoms with van der Waals surface area (Å²) < 4.78 is 19.5. The minimum atomic E-state index is -1.13. The van der Waals surface area contributed by atoms with E-state index in [4.69, 9.17) is 4.74 Å². The van der Waals surface area contributed by atoms with E-state index in [0.29, 0.717) is 23.0 Å². The Labute approximate surface area is 172 Å². The highest BCUT2D eigenvalue weighted by Gasteiger charge is 2.23. The molecule has 1 N–H and O–H groups in total. The second kappa shape index (κ2) is 8.86. The van der Waals surface area contributed by atoms with Crippen LogP contribution >= 0.6 is 0 Å². The number of hydrogen-bond donors (Lipinski definition) is 1. The highest BCUT2D eigenvalue weighted by atomic mass is 19.1. The van der Waals surface area contributed by atoms with Gasteiger partial charge in [0.1, 0.15) is 5.82 Å². The summed E-state index contributed by atoms with van der Waals surface area (Å²) in [6, 6.07) is 11.9. The van der Waals surface area contributed by atoms with E-state index in [0.717, 1.165) is 0 Å². The Morgan fingerprint density at radius 2 is 1.70 bits per heavy atom. The molecule has 3 aromatic rings. The quantitative estimate of drug-likeness (QED) is 0.628. The molecular formula is C22H22FN3O4. The number of benzene rings is 2. The predicted molar refractivity (Wildman–Crippen MR) is 111 cm³/mol. The summed E-state index contributed by atoms with van der Waals surface area (Å²) in [6.45, 7) is 5.62. The van der Waals surface area contributed by atoms with Crippen molar-refractivity contribution in [3.05, 3.63) is 70.4 Å². The molecule has 0 unspecified atom stereocenters. The molecule has 0 fully saturated rings. The zero-order valence-electron chi connectivity index (χ0n) is 16.9. The zero-order chi connectivity index (χ0) is 21.8. The summed E-state index contributed by atoms with van der Waals surface area (Å²) in [6.07, 6.45) is -1.13. The lowest BCUT2D eigenvalue weighted by atomic mass is 10.1. The molecule has 0 spiro atoms. The molecule has 0 aliphatic carbocycles. The van der Waals surface area contributed by atoms with Crippen LogP contribution in [0.15, 0.2) is 53.3 Å². The number of nitrogens with one attached hydrogen (secondary N) is 1. The molecule has 156 valence electrons. The smallest absolute Gasteiger partial charge is 0.360 e. The summed E-state index contributed by atoms with van der Waals surface area (Å²) in [5.41, 5.74) is 0.0450. The largest absolute Gasteiger partial charge is 0.448 e. The lowest BCUT2D eigenvalue weighted by Crippen LogP contribution is -2.32. The maximum absolute atomic E-state index is 13.0. The number of hydrogen-bond acceptors (Lipinski definition) is 5. The number of esters is 1. The fraction of sp³-hybridized carbons (Fsp3) is 0.273. The zero-order valence-corrected chi connectivity index (χ0v) is 16.9. The third kappa shape index (κ3) is 4.71. The normalized spacial score (nSPS) is 12.0. The molecule has 0 aliphatic heterocycles. The number of fused-ring (bicyclic) bond motifs is 1. The van der Waals surface area contributed by atoms with Crippen LogP contribution in [0.2, 0.25) is 0 Å². The fourth-order valence-corrected chi connectivity index (χ4v) is 2.90. The molecule has 7 nitrogen and oxygen atoms in total. The van der Waals surface area contributed by atoms with Crippen LogP contribution in [0.3, 0.4) is 0 Å². The van der Waals surface area contributed by atoms with Crippen molar-refractivity contribution >= 4 is 28.3 Å². The Bertz CT molecular complexity index is 1140. The van der Waals surface area contributed by atoms with Crippen LogP contribution in [0.5, 0.6) is 0 Å². The first-order valence-corrected chi connectivity index (χ1v) is 9.53. The van der Waals surface area contributed by atoms with Crippen LogP contribution in [0, 0.1) is 11.7 Å². The van der Waals surface area contributed by atoms with Gasteiger partial charge in [0.15, 0.2) is 11.8 Å². The molecule has 0 aliphatic rings. The second-order valence-electron chi connectivity index (χ2n) is 7.32. The van der Waals surface area contributed by atoms with Crippen LogP contribution in [0.4, 0.5) is 10.1 Å². The van der Waals surface area contributed by atoms with E-state index < -0.39 is 23.8 Å². The molecule has 8 heteroatoms. The molecule has 1 amide bonds. The number of carbonyl (C=O) groups is 2. The topological polar surface area (TPSA) is 90.3 Å². The molecule has 0 radical (unpaired) electrons. The molecule has 0 saturated heterocycles. The maximum Gasteiger partial charge on any atom is 0.360 e.